The second kappa shape index (κ2) is 5.10. The minimum absolute atomic E-state index is 0.727. The molecule has 0 aliphatic carbocycles. The summed E-state index contributed by atoms with van der Waals surface area (Å²) in [5, 5.41) is 7.21. The Morgan fingerprint density at radius 1 is 1.56 bits per heavy atom. The number of likely N-dealkylation sites (tertiary alicyclic amines) is 1. The van der Waals surface area contributed by atoms with E-state index in [-0.39, 0.29) is 0 Å². The summed E-state index contributed by atoms with van der Waals surface area (Å²) in [6, 6.07) is 0. The second-order valence-corrected chi connectivity index (χ2v) is 5.11. The monoisotopic (exact) mass is 240 g/mol. The third-order valence-corrected chi connectivity index (χ3v) is 3.55. The predicted octanol–water partition coefficient (Wildman–Crippen LogP) is 1.84. The molecule has 0 amide bonds. The van der Waals surface area contributed by atoms with Gasteiger partial charge in [0, 0.05) is 19.5 Å². The fourth-order valence-corrected chi connectivity index (χ4v) is 2.61. The highest BCUT2D eigenvalue weighted by Crippen LogP contribution is 2.17. The van der Waals surface area contributed by atoms with Crippen LogP contribution in [0.5, 0.6) is 0 Å². The first kappa shape index (κ1) is 11.8. The summed E-state index contributed by atoms with van der Waals surface area (Å²) < 4.78 is 2.96. The molecule has 1 aromatic heterocycles. The molecule has 0 bridgehead atoms. The standard InChI is InChI=1S/C11H20N4S/c1-3-4-10-12-13-11(16)15(10)8-9-5-6-14(2)7-9/h9H,3-8H2,1-2H3,(H,13,16). The molecule has 90 valence electrons. The van der Waals surface area contributed by atoms with Crippen LogP contribution in [-0.4, -0.2) is 39.8 Å². The lowest BCUT2D eigenvalue weighted by atomic mass is 10.1. The molecule has 1 unspecified atom stereocenters. The van der Waals surface area contributed by atoms with Crippen LogP contribution in [0.4, 0.5) is 0 Å². The van der Waals surface area contributed by atoms with Crippen molar-refractivity contribution in [1.29, 1.82) is 0 Å². The molecule has 1 fully saturated rings. The highest BCUT2D eigenvalue weighted by atomic mass is 32.1. The number of nitrogens with one attached hydrogen (secondary N) is 1. The Morgan fingerprint density at radius 2 is 2.38 bits per heavy atom. The van der Waals surface area contributed by atoms with E-state index in [1.165, 1.54) is 19.5 Å². The maximum Gasteiger partial charge on any atom is 0.195 e. The van der Waals surface area contributed by atoms with Gasteiger partial charge in [-0.2, -0.15) is 5.10 Å². The zero-order valence-corrected chi connectivity index (χ0v) is 10.9. The molecule has 1 aliphatic rings. The summed E-state index contributed by atoms with van der Waals surface area (Å²) in [7, 11) is 2.18. The van der Waals surface area contributed by atoms with Gasteiger partial charge < -0.3 is 9.47 Å². The number of aryl methyl sites for hydroxylation is 1. The summed E-state index contributed by atoms with van der Waals surface area (Å²) in [5.74, 6) is 1.84. The Labute approximate surface area is 102 Å². The minimum Gasteiger partial charge on any atom is -0.306 e. The molecule has 0 saturated carbocycles. The van der Waals surface area contributed by atoms with Gasteiger partial charge in [-0.15, -0.1) is 0 Å². The fourth-order valence-electron chi connectivity index (χ4n) is 2.39. The Bertz CT molecular complexity index is 395. The van der Waals surface area contributed by atoms with Crippen molar-refractivity contribution in [2.24, 2.45) is 5.92 Å². The van der Waals surface area contributed by atoms with E-state index in [1.54, 1.807) is 0 Å². The first-order valence-corrected chi connectivity index (χ1v) is 6.44. The van der Waals surface area contributed by atoms with Crippen LogP contribution in [0.3, 0.4) is 0 Å². The molecule has 2 rings (SSSR count). The van der Waals surface area contributed by atoms with Crippen LogP contribution in [0, 0.1) is 10.7 Å². The third kappa shape index (κ3) is 2.52. The Morgan fingerprint density at radius 3 is 3.00 bits per heavy atom. The summed E-state index contributed by atoms with van der Waals surface area (Å²) >= 11 is 5.28. The number of aromatic nitrogens is 3. The van der Waals surface area contributed by atoms with Gasteiger partial charge in [-0.25, -0.2) is 0 Å². The molecule has 1 aromatic rings. The van der Waals surface area contributed by atoms with E-state index in [1.807, 2.05) is 0 Å². The lowest BCUT2D eigenvalue weighted by Gasteiger charge is -2.12. The first-order valence-electron chi connectivity index (χ1n) is 6.03. The van der Waals surface area contributed by atoms with Crippen LogP contribution in [0.25, 0.3) is 0 Å². The summed E-state index contributed by atoms with van der Waals surface area (Å²) in [5.41, 5.74) is 0. The maximum atomic E-state index is 5.28. The number of H-pyrrole nitrogens is 1. The van der Waals surface area contributed by atoms with Crippen molar-refractivity contribution < 1.29 is 0 Å². The predicted molar refractivity (Wildman–Crippen MR) is 67.0 cm³/mol. The SMILES string of the molecule is CCCc1n[nH]c(=S)n1CC1CCN(C)C1. The normalized spacial score (nSPS) is 21.8. The molecular formula is C11H20N4S. The summed E-state index contributed by atoms with van der Waals surface area (Å²) in [6.07, 6.45) is 3.40. The van der Waals surface area contributed by atoms with Crippen LogP contribution in [0.1, 0.15) is 25.6 Å². The van der Waals surface area contributed by atoms with Crippen molar-refractivity contribution in [3.05, 3.63) is 10.6 Å². The fraction of sp³-hybridized carbons (Fsp3) is 0.818. The van der Waals surface area contributed by atoms with Crippen LogP contribution in [-0.2, 0) is 13.0 Å². The summed E-state index contributed by atoms with van der Waals surface area (Å²) in [6.45, 7) is 5.58. The number of hydrogen-bond acceptors (Lipinski definition) is 3. The van der Waals surface area contributed by atoms with Crippen molar-refractivity contribution in [3.63, 3.8) is 0 Å². The van der Waals surface area contributed by atoms with Gasteiger partial charge in [-0.1, -0.05) is 6.92 Å². The molecule has 0 aromatic carbocycles. The Kier molecular flexibility index (Phi) is 3.76. The van der Waals surface area contributed by atoms with Gasteiger partial charge in [0.1, 0.15) is 5.82 Å². The molecule has 4 nitrogen and oxygen atoms in total. The highest BCUT2D eigenvalue weighted by molar-refractivity contribution is 7.71. The van der Waals surface area contributed by atoms with Crippen LogP contribution in [0.15, 0.2) is 0 Å². The van der Waals surface area contributed by atoms with Gasteiger partial charge >= 0.3 is 0 Å². The number of hydrogen-bond donors (Lipinski definition) is 1. The van der Waals surface area contributed by atoms with Crippen molar-refractivity contribution in [1.82, 2.24) is 19.7 Å². The zero-order valence-electron chi connectivity index (χ0n) is 10.1. The molecule has 2 heterocycles. The highest BCUT2D eigenvalue weighted by Gasteiger charge is 2.21. The zero-order chi connectivity index (χ0) is 11.5. The largest absolute Gasteiger partial charge is 0.306 e. The second-order valence-electron chi connectivity index (χ2n) is 4.72. The van der Waals surface area contributed by atoms with Crippen LogP contribution >= 0.6 is 12.2 Å². The molecule has 0 spiro atoms. The lowest BCUT2D eigenvalue weighted by Crippen LogP contribution is -2.18. The first-order chi connectivity index (χ1) is 7.70. The van der Waals surface area contributed by atoms with E-state index in [2.05, 4.69) is 33.6 Å². The molecule has 1 N–H and O–H groups in total. The molecule has 1 atom stereocenters. The maximum absolute atomic E-state index is 5.28. The quantitative estimate of drug-likeness (QED) is 0.816. The van der Waals surface area contributed by atoms with Crippen LogP contribution in [0.2, 0.25) is 0 Å². The molecule has 1 aliphatic heterocycles. The number of aromatic amines is 1. The molecular weight excluding hydrogens is 220 g/mol. The molecule has 16 heavy (non-hydrogen) atoms. The van der Waals surface area contributed by atoms with Gasteiger partial charge in [0.25, 0.3) is 0 Å². The average molecular weight is 240 g/mol. The molecule has 1 saturated heterocycles. The van der Waals surface area contributed by atoms with E-state index < -0.39 is 0 Å². The van der Waals surface area contributed by atoms with Crippen LogP contribution < -0.4 is 0 Å². The molecule has 5 heteroatoms. The Hall–Kier alpha value is -0.680. The van der Waals surface area contributed by atoms with E-state index in [0.29, 0.717) is 0 Å². The Balaban J connectivity index is 2.08. The van der Waals surface area contributed by atoms with E-state index >= 15 is 0 Å². The number of rotatable bonds is 4. The van der Waals surface area contributed by atoms with Gasteiger partial charge in [-0.3, -0.25) is 5.10 Å². The van der Waals surface area contributed by atoms with E-state index in [4.69, 9.17) is 12.2 Å². The van der Waals surface area contributed by atoms with Gasteiger partial charge in [0.15, 0.2) is 4.77 Å². The van der Waals surface area contributed by atoms with Gasteiger partial charge in [0.2, 0.25) is 0 Å². The minimum atomic E-state index is 0.727. The third-order valence-electron chi connectivity index (χ3n) is 3.24. The van der Waals surface area contributed by atoms with Crippen molar-refractivity contribution in [3.8, 4) is 0 Å². The smallest absolute Gasteiger partial charge is 0.195 e. The van der Waals surface area contributed by atoms with E-state index in [9.17, 15) is 0 Å². The number of nitrogens with zero attached hydrogens (tertiary/aromatic N) is 3. The van der Waals surface area contributed by atoms with E-state index in [0.717, 1.165) is 35.9 Å². The lowest BCUT2D eigenvalue weighted by molar-refractivity contribution is 0.374. The van der Waals surface area contributed by atoms with Crippen molar-refractivity contribution in [2.45, 2.75) is 32.7 Å². The van der Waals surface area contributed by atoms with Gasteiger partial charge in [0.05, 0.1) is 0 Å². The van der Waals surface area contributed by atoms with Crippen molar-refractivity contribution >= 4 is 12.2 Å². The average Bonchev–Trinajstić information content (AvgIpc) is 2.79. The molecule has 0 radical (unpaired) electrons. The summed E-state index contributed by atoms with van der Waals surface area (Å²) in [4.78, 5) is 2.38. The van der Waals surface area contributed by atoms with Gasteiger partial charge in [-0.05, 0) is 44.6 Å². The van der Waals surface area contributed by atoms with Crippen molar-refractivity contribution in [2.75, 3.05) is 20.1 Å². The topological polar surface area (TPSA) is 36.9 Å².